The first-order chi connectivity index (χ1) is 9.17. The zero-order valence-electron chi connectivity index (χ0n) is 11.1. The maximum Gasteiger partial charge on any atom is 0.326 e. The molecular weight excluding hydrogens is 266 g/mol. The number of rotatable bonds is 1. The molecule has 0 spiro atoms. The molecule has 10 nitrogen and oxygen atoms in total. The van der Waals surface area contributed by atoms with Crippen molar-refractivity contribution < 1.29 is 14.7 Å². The van der Waals surface area contributed by atoms with Gasteiger partial charge in [-0.3, -0.25) is 0 Å². The van der Waals surface area contributed by atoms with Crippen molar-refractivity contribution >= 4 is 22.4 Å². The molecule has 0 fully saturated rings. The number of benzene rings is 1. The van der Waals surface area contributed by atoms with E-state index in [1.165, 1.54) is 12.1 Å². The van der Waals surface area contributed by atoms with Crippen LogP contribution < -0.4 is 15.5 Å². The molecule has 2 N–H and O–H groups in total. The van der Waals surface area contributed by atoms with Crippen molar-refractivity contribution in [3.05, 3.63) is 27.8 Å². The van der Waals surface area contributed by atoms with Gasteiger partial charge >= 0.3 is 5.21 Å². The number of hydrogen-bond donors (Lipinski definition) is 1. The van der Waals surface area contributed by atoms with Crippen LogP contribution in [0.5, 0.6) is 0 Å². The highest BCUT2D eigenvalue weighted by Crippen LogP contribution is 2.26. The van der Waals surface area contributed by atoms with E-state index in [1.54, 1.807) is 20.8 Å². The van der Waals surface area contributed by atoms with Crippen LogP contribution in [0.4, 0.5) is 11.4 Å². The van der Waals surface area contributed by atoms with Crippen LogP contribution in [0.25, 0.3) is 11.0 Å². The summed E-state index contributed by atoms with van der Waals surface area (Å²) in [6.45, 7) is 5.23. The molecule has 2 aromatic rings. The Bertz CT molecular complexity index is 708. The van der Waals surface area contributed by atoms with E-state index in [9.17, 15) is 15.6 Å². The van der Waals surface area contributed by atoms with E-state index in [4.69, 9.17) is 5.73 Å². The van der Waals surface area contributed by atoms with Gasteiger partial charge in [0.15, 0.2) is 0 Å². The van der Waals surface area contributed by atoms with Crippen molar-refractivity contribution in [3.8, 4) is 0 Å². The molecule has 0 saturated heterocycles. The summed E-state index contributed by atoms with van der Waals surface area (Å²) in [6.07, 6.45) is 0. The number of hydrogen-bond acceptors (Lipinski definition) is 7. The van der Waals surface area contributed by atoms with Crippen molar-refractivity contribution in [1.82, 2.24) is 10.3 Å². The molecule has 0 atom stereocenters. The molecule has 10 heteroatoms. The molecule has 0 aliphatic rings. The fraction of sp³-hybridized carbons (Fsp3) is 0.400. The lowest BCUT2D eigenvalue weighted by atomic mass is 10.1. The number of nitrogen functional groups attached to an aromatic ring is 1. The van der Waals surface area contributed by atoms with Gasteiger partial charge in [0.2, 0.25) is 5.52 Å². The maximum atomic E-state index is 12.0. The number of aromatic nitrogens is 4. The van der Waals surface area contributed by atoms with E-state index < -0.39 is 5.54 Å². The van der Waals surface area contributed by atoms with Crippen molar-refractivity contribution in [2.75, 3.05) is 5.73 Å². The molecule has 1 heterocycles. The molecule has 2 rings (SSSR count). The summed E-state index contributed by atoms with van der Waals surface area (Å²) in [6, 6.07) is 2.44. The molecule has 0 saturated carbocycles. The van der Waals surface area contributed by atoms with E-state index in [0.29, 0.717) is 4.86 Å². The number of fused-ring (bicyclic) bond motifs is 1. The van der Waals surface area contributed by atoms with E-state index >= 15 is 0 Å². The highest BCUT2D eigenvalue weighted by Gasteiger charge is 2.23. The Morgan fingerprint density at radius 1 is 1.30 bits per heavy atom. The van der Waals surface area contributed by atoms with Gasteiger partial charge in [0, 0.05) is 10.9 Å². The van der Waals surface area contributed by atoms with Crippen LogP contribution in [-0.2, 0) is 0 Å². The van der Waals surface area contributed by atoms with Crippen LogP contribution in [0.1, 0.15) is 20.8 Å². The van der Waals surface area contributed by atoms with Gasteiger partial charge in [0.05, 0.1) is 11.2 Å². The van der Waals surface area contributed by atoms with Gasteiger partial charge in [-0.25, -0.2) is 0 Å². The largest absolute Gasteiger partial charge is 0.594 e. The molecule has 0 radical (unpaired) electrons. The maximum absolute atomic E-state index is 12.0. The average Bonchev–Trinajstić information content (AvgIpc) is 2.24. The average molecular weight is 279 g/mol. The van der Waals surface area contributed by atoms with Gasteiger partial charge in [-0.15, -0.1) is 0 Å². The number of nitrogens with zero attached hydrogens (tertiary/aromatic N) is 6. The molecule has 0 aliphatic carbocycles. The third kappa shape index (κ3) is 2.63. The third-order valence-electron chi connectivity index (χ3n) is 2.28. The first-order valence-corrected chi connectivity index (χ1v) is 5.69. The summed E-state index contributed by atoms with van der Waals surface area (Å²) in [5, 5.41) is 44.8. The van der Waals surface area contributed by atoms with E-state index in [1.807, 2.05) is 0 Å². The Balaban J connectivity index is 2.67. The van der Waals surface area contributed by atoms with Crippen LogP contribution >= 0.6 is 0 Å². The molecule has 0 aliphatic heterocycles. The van der Waals surface area contributed by atoms with Crippen molar-refractivity contribution in [2.24, 2.45) is 5.11 Å². The zero-order chi connectivity index (χ0) is 15.1. The second kappa shape index (κ2) is 4.40. The first kappa shape index (κ1) is 13.6. The monoisotopic (exact) mass is 279 g/mol. The van der Waals surface area contributed by atoms with Crippen molar-refractivity contribution in [3.63, 3.8) is 0 Å². The molecule has 0 bridgehead atoms. The van der Waals surface area contributed by atoms with Gasteiger partial charge in [-0.2, -0.15) is 0 Å². The lowest BCUT2D eigenvalue weighted by molar-refractivity contribution is -0.863. The lowest BCUT2D eigenvalue weighted by Crippen LogP contribution is -2.50. The zero-order valence-corrected chi connectivity index (χ0v) is 11.1. The Morgan fingerprint density at radius 2 is 1.95 bits per heavy atom. The highest BCUT2D eigenvalue weighted by atomic mass is 16.6. The van der Waals surface area contributed by atoms with Gasteiger partial charge in [-0.05, 0) is 25.9 Å². The van der Waals surface area contributed by atoms with Gasteiger partial charge < -0.3 is 21.4 Å². The molecule has 0 amide bonds. The first-order valence-electron chi connectivity index (χ1n) is 5.69. The topological polar surface area (TPSA) is 144 Å². The predicted octanol–water partition coefficient (Wildman–Crippen LogP) is -0.129. The van der Waals surface area contributed by atoms with E-state index in [-0.39, 0.29) is 32.2 Å². The standard InChI is InChI=1S/C10H13N7O3/c1-10(2,3)13-15(18)8-5-9-7(4-6(8)11)12-17(20)14-16(9)19/h4-5H,11H2,1-3H3. The molecule has 0 unspecified atom stereocenters. The second-order valence-corrected chi connectivity index (χ2v) is 5.16. The Labute approximate surface area is 113 Å². The SMILES string of the molecule is CC(C)(C)N=[N+]([O-])c1cc2c(cc1N)n[n+]([O-])n[n+]2[O-]. The van der Waals surface area contributed by atoms with Gasteiger partial charge in [0.25, 0.3) is 11.2 Å². The fourth-order valence-electron chi connectivity index (χ4n) is 1.54. The molecule has 106 valence electrons. The van der Waals surface area contributed by atoms with E-state index in [0.717, 1.165) is 0 Å². The highest BCUT2D eigenvalue weighted by molar-refractivity contribution is 5.80. The molecule has 1 aromatic heterocycles. The Hall–Kier alpha value is -2.78. The predicted molar refractivity (Wildman–Crippen MR) is 67.3 cm³/mol. The Kier molecular flexibility index (Phi) is 3.00. The summed E-state index contributed by atoms with van der Waals surface area (Å²) in [7, 11) is 0. The minimum atomic E-state index is -0.609. The van der Waals surface area contributed by atoms with Gasteiger partial charge in [-0.1, -0.05) is 4.86 Å². The number of anilines is 1. The molecule has 20 heavy (non-hydrogen) atoms. The van der Waals surface area contributed by atoms with Crippen LogP contribution in [0.15, 0.2) is 17.2 Å². The molecule has 1 aromatic carbocycles. The summed E-state index contributed by atoms with van der Waals surface area (Å²) in [4.78, 5) is 0.291. The van der Waals surface area contributed by atoms with Crippen LogP contribution in [-0.4, -0.2) is 20.7 Å². The fourth-order valence-corrected chi connectivity index (χ4v) is 1.54. The quantitative estimate of drug-likeness (QED) is 0.253. The van der Waals surface area contributed by atoms with Crippen LogP contribution in [0.3, 0.4) is 0 Å². The van der Waals surface area contributed by atoms with Crippen molar-refractivity contribution in [2.45, 2.75) is 26.3 Å². The summed E-state index contributed by atoms with van der Waals surface area (Å²) in [5.74, 6) is 0. The van der Waals surface area contributed by atoms with Crippen molar-refractivity contribution in [1.29, 1.82) is 0 Å². The minimum Gasteiger partial charge on any atom is -0.594 e. The molecular formula is C10H13N7O3. The van der Waals surface area contributed by atoms with Gasteiger partial charge in [0.1, 0.15) is 16.2 Å². The summed E-state index contributed by atoms with van der Waals surface area (Å²) in [5.41, 5.74) is 5.15. The Morgan fingerprint density at radius 3 is 2.55 bits per heavy atom. The number of nitrogens with two attached hydrogens (primary N) is 1. The number of azo groups is 1. The third-order valence-corrected chi connectivity index (χ3v) is 2.28. The van der Waals surface area contributed by atoms with Crippen LogP contribution in [0.2, 0.25) is 0 Å². The minimum absolute atomic E-state index is 0.00993. The van der Waals surface area contributed by atoms with Crippen LogP contribution in [0, 0.1) is 15.6 Å². The lowest BCUT2D eigenvalue weighted by Gasteiger charge is -2.10. The smallest absolute Gasteiger partial charge is 0.326 e. The van der Waals surface area contributed by atoms with E-state index in [2.05, 4.69) is 15.4 Å². The summed E-state index contributed by atoms with van der Waals surface area (Å²) >= 11 is 0. The summed E-state index contributed by atoms with van der Waals surface area (Å²) < 4.78 is 0. The normalized spacial score (nSPS) is 12.8. The second-order valence-electron chi connectivity index (χ2n) is 5.16.